The molecule has 0 aromatic heterocycles. The molecule has 0 atom stereocenters. The molecule has 0 fully saturated rings. The van der Waals surface area contributed by atoms with Crippen LogP contribution in [0.4, 0.5) is 0 Å². The number of nitrogens with zero attached hydrogens (tertiary/aromatic N) is 1. The maximum atomic E-state index is 9.93. The lowest BCUT2D eigenvalue weighted by Gasteiger charge is -2.01. The zero-order valence-corrected chi connectivity index (χ0v) is 8.54. The van der Waals surface area contributed by atoms with Crippen molar-refractivity contribution in [2.75, 3.05) is 0 Å². The summed E-state index contributed by atoms with van der Waals surface area (Å²) in [5, 5.41) is 0. The Bertz CT molecular complexity index is 367. The first-order valence-electron chi connectivity index (χ1n) is 3.73. The molecule has 0 aliphatic rings. The molecule has 0 radical (unpaired) electrons. The third-order valence-corrected chi connectivity index (χ3v) is 2.33. The van der Waals surface area contributed by atoms with Crippen LogP contribution in [-0.4, -0.2) is 6.08 Å². The third-order valence-electron chi connectivity index (χ3n) is 1.56. The highest BCUT2D eigenvalue weighted by molar-refractivity contribution is 9.10. The highest BCUT2D eigenvalue weighted by Gasteiger charge is 1.99. The number of allylic oxidation sites excluding steroid dienone is 1. The largest absolute Gasteiger partial charge is 0.240 e. The molecule has 13 heavy (non-hydrogen) atoms. The van der Waals surface area contributed by atoms with Gasteiger partial charge < -0.3 is 0 Å². The van der Waals surface area contributed by atoms with Gasteiger partial charge in [-0.25, -0.2) is 4.79 Å². The average Bonchev–Trinajstić information content (AvgIpc) is 2.09. The number of rotatable bonds is 3. The Morgan fingerprint density at radius 1 is 1.54 bits per heavy atom. The van der Waals surface area contributed by atoms with Crippen LogP contribution >= 0.6 is 15.9 Å². The molecule has 0 amide bonds. The zero-order valence-electron chi connectivity index (χ0n) is 6.96. The Hall–Kier alpha value is -1.18. The van der Waals surface area contributed by atoms with Crippen LogP contribution in [0.1, 0.15) is 5.56 Å². The topological polar surface area (TPSA) is 29.4 Å². The number of hydrogen-bond donors (Lipinski definition) is 0. The second-order valence-electron chi connectivity index (χ2n) is 2.54. The van der Waals surface area contributed by atoms with Crippen molar-refractivity contribution in [3.05, 3.63) is 46.6 Å². The molecule has 0 N–H and O–H groups in total. The van der Waals surface area contributed by atoms with Gasteiger partial charge in [-0.2, -0.15) is 4.99 Å². The second-order valence-corrected chi connectivity index (χ2v) is 3.39. The number of carbonyl (C=O) groups excluding carboxylic acids is 1. The van der Waals surface area contributed by atoms with Gasteiger partial charge in [0.1, 0.15) is 0 Å². The van der Waals surface area contributed by atoms with Crippen LogP contribution in [0.3, 0.4) is 0 Å². The van der Waals surface area contributed by atoms with Gasteiger partial charge in [0, 0.05) is 10.9 Å². The fourth-order valence-electron chi connectivity index (χ4n) is 0.966. The van der Waals surface area contributed by atoms with Crippen molar-refractivity contribution in [3.63, 3.8) is 0 Å². The Labute approximate surface area is 85.1 Å². The summed E-state index contributed by atoms with van der Waals surface area (Å²) >= 11 is 3.39. The summed E-state index contributed by atoms with van der Waals surface area (Å²) in [5.41, 5.74) is 1.58. The number of halogens is 1. The average molecular weight is 238 g/mol. The van der Waals surface area contributed by atoms with Gasteiger partial charge in [0.25, 0.3) is 0 Å². The van der Waals surface area contributed by atoms with E-state index in [-0.39, 0.29) is 0 Å². The van der Waals surface area contributed by atoms with E-state index < -0.39 is 0 Å². The SMILES string of the molecule is C=C(Cc1ccccc1Br)N=C=O. The Morgan fingerprint density at radius 2 is 2.23 bits per heavy atom. The molecule has 0 heterocycles. The van der Waals surface area contributed by atoms with Crippen molar-refractivity contribution in [2.24, 2.45) is 4.99 Å². The number of isocyanates is 1. The van der Waals surface area contributed by atoms with Crippen LogP contribution in [0.5, 0.6) is 0 Å². The van der Waals surface area contributed by atoms with Gasteiger partial charge in [-0.3, -0.25) is 0 Å². The van der Waals surface area contributed by atoms with E-state index in [2.05, 4.69) is 27.5 Å². The maximum absolute atomic E-state index is 9.93. The summed E-state index contributed by atoms with van der Waals surface area (Å²) in [4.78, 5) is 13.4. The summed E-state index contributed by atoms with van der Waals surface area (Å²) in [6.07, 6.45) is 2.03. The maximum Gasteiger partial charge on any atom is 0.240 e. The van der Waals surface area contributed by atoms with Gasteiger partial charge in [0.2, 0.25) is 6.08 Å². The highest BCUT2D eigenvalue weighted by atomic mass is 79.9. The molecule has 2 nitrogen and oxygen atoms in total. The molecule has 0 saturated heterocycles. The van der Waals surface area contributed by atoms with Gasteiger partial charge in [-0.1, -0.05) is 40.7 Å². The summed E-state index contributed by atoms with van der Waals surface area (Å²) in [5.74, 6) is 0. The summed E-state index contributed by atoms with van der Waals surface area (Å²) in [6.45, 7) is 3.63. The van der Waals surface area contributed by atoms with E-state index in [1.165, 1.54) is 6.08 Å². The third kappa shape index (κ3) is 2.98. The lowest BCUT2D eigenvalue weighted by atomic mass is 10.1. The van der Waals surface area contributed by atoms with Crippen LogP contribution in [-0.2, 0) is 11.2 Å². The van der Waals surface area contributed by atoms with Crippen LogP contribution in [0, 0.1) is 0 Å². The molecule has 0 saturated carbocycles. The van der Waals surface area contributed by atoms with Crippen LogP contribution in [0.15, 0.2) is 46.0 Å². The summed E-state index contributed by atoms with van der Waals surface area (Å²) < 4.78 is 0.997. The highest BCUT2D eigenvalue weighted by Crippen LogP contribution is 2.18. The lowest BCUT2D eigenvalue weighted by Crippen LogP contribution is -1.87. The normalized spacial score (nSPS) is 9.00. The van der Waals surface area contributed by atoms with Crippen molar-refractivity contribution in [3.8, 4) is 0 Å². The fraction of sp³-hybridized carbons (Fsp3) is 0.100. The minimum absolute atomic E-state index is 0.516. The van der Waals surface area contributed by atoms with Crippen molar-refractivity contribution in [2.45, 2.75) is 6.42 Å². The molecule has 1 aromatic rings. The molecule has 1 aromatic carbocycles. The fourth-order valence-corrected chi connectivity index (χ4v) is 1.39. The lowest BCUT2D eigenvalue weighted by molar-refractivity contribution is 0.564. The molecule has 3 heteroatoms. The second kappa shape index (κ2) is 4.75. The standard InChI is InChI=1S/C10H8BrNO/c1-8(12-7-13)6-9-4-2-3-5-10(9)11/h2-5H,1,6H2. The van der Waals surface area contributed by atoms with Crippen LogP contribution in [0.25, 0.3) is 0 Å². The van der Waals surface area contributed by atoms with Crippen molar-refractivity contribution < 1.29 is 4.79 Å². The zero-order chi connectivity index (χ0) is 9.68. The van der Waals surface area contributed by atoms with E-state index in [0.29, 0.717) is 12.1 Å². The van der Waals surface area contributed by atoms with Gasteiger partial charge in [0.05, 0.1) is 5.70 Å². The Kier molecular flexibility index (Phi) is 3.62. The first kappa shape index (κ1) is 9.90. The predicted molar refractivity (Wildman–Crippen MR) is 55.1 cm³/mol. The number of aliphatic imine (C=N–C) groups is 1. The molecule has 0 spiro atoms. The Morgan fingerprint density at radius 3 is 2.85 bits per heavy atom. The van der Waals surface area contributed by atoms with E-state index >= 15 is 0 Å². The summed E-state index contributed by atoms with van der Waals surface area (Å²) in [6, 6.07) is 7.75. The van der Waals surface area contributed by atoms with Gasteiger partial charge in [0.15, 0.2) is 0 Å². The van der Waals surface area contributed by atoms with Gasteiger partial charge in [-0.05, 0) is 11.6 Å². The molecule has 1 rings (SSSR count). The Balaban J connectivity index is 2.80. The van der Waals surface area contributed by atoms with Gasteiger partial charge in [-0.15, -0.1) is 0 Å². The van der Waals surface area contributed by atoms with E-state index in [9.17, 15) is 4.79 Å². The number of benzene rings is 1. The molecule has 0 unspecified atom stereocenters. The first-order valence-corrected chi connectivity index (χ1v) is 4.52. The predicted octanol–water partition coefficient (Wildman–Crippen LogP) is 2.84. The van der Waals surface area contributed by atoms with E-state index in [0.717, 1.165) is 10.0 Å². The molecule has 0 aliphatic heterocycles. The molecule has 0 aliphatic carbocycles. The van der Waals surface area contributed by atoms with Crippen LogP contribution in [0.2, 0.25) is 0 Å². The molecule has 66 valence electrons. The van der Waals surface area contributed by atoms with Crippen molar-refractivity contribution >= 4 is 22.0 Å². The van der Waals surface area contributed by atoms with Crippen molar-refractivity contribution in [1.82, 2.24) is 0 Å². The molecular formula is C10H8BrNO. The quantitative estimate of drug-likeness (QED) is 0.588. The number of hydrogen-bond acceptors (Lipinski definition) is 2. The van der Waals surface area contributed by atoms with E-state index in [1.54, 1.807) is 0 Å². The minimum atomic E-state index is 0.516. The molecular weight excluding hydrogens is 230 g/mol. The summed E-state index contributed by atoms with van der Waals surface area (Å²) in [7, 11) is 0. The van der Waals surface area contributed by atoms with E-state index in [4.69, 9.17) is 0 Å². The van der Waals surface area contributed by atoms with E-state index in [1.807, 2.05) is 24.3 Å². The molecule has 0 bridgehead atoms. The monoisotopic (exact) mass is 237 g/mol. The first-order chi connectivity index (χ1) is 6.24. The smallest absolute Gasteiger partial charge is 0.211 e. The van der Waals surface area contributed by atoms with Gasteiger partial charge >= 0.3 is 0 Å². The van der Waals surface area contributed by atoms with Crippen LogP contribution < -0.4 is 0 Å². The van der Waals surface area contributed by atoms with Crippen molar-refractivity contribution in [1.29, 1.82) is 0 Å². The minimum Gasteiger partial charge on any atom is -0.211 e.